The van der Waals surface area contributed by atoms with Crippen molar-refractivity contribution in [2.24, 2.45) is 5.92 Å². The fourth-order valence-electron chi connectivity index (χ4n) is 2.14. The van der Waals surface area contributed by atoms with Crippen molar-refractivity contribution in [2.45, 2.75) is 26.8 Å². The molecule has 0 heterocycles. The molecule has 0 bridgehead atoms. The lowest BCUT2D eigenvalue weighted by Crippen LogP contribution is -2.32. The highest BCUT2D eigenvalue weighted by Crippen LogP contribution is 2.30. The van der Waals surface area contributed by atoms with Gasteiger partial charge in [-0.05, 0) is 49.2 Å². The normalized spacial score (nSPS) is 12.4. The predicted molar refractivity (Wildman–Crippen MR) is 83.7 cm³/mol. The van der Waals surface area contributed by atoms with Gasteiger partial charge >= 0.3 is 0 Å². The first-order valence-electron chi connectivity index (χ1n) is 6.79. The average Bonchev–Trinajstić information content (AvgIpc) is 2.42. The maximum Gasteiger partial charge on any atom is 0.0414 e. The molecule has 0 aliphatic carbocycles. The fraction of sp³-hybridized carbons (Fsp3) is 0.294. The Balaban J connectivity index is 2.43. The fourth-order valence-corrected chi connectivity index (χ4v) is 2.14. The monoisotopic (exact) mass is 254 g/mol. The van der Waals surface area contributed by atoms with E-state index in [1.165, 1.54) is 11.4 Å². The lowest BCUT2D eigenvalue weighted by molar-refractivity contribution is 0.518. The summed E-state index contributed by atoms with van der Waals surface area (Å²) in [6.07, 6.45) is 0. The molecule has 100 valence electrons. The third-order valence-electron chi connectivity index (χ3n) is 3.58. The number of hydrogen-bond donors (Lipinski definition) is 1. The van der Waals surface area contributed by atoms with Gasteiger partial charge in [0.1, 0.15) is 0 Å². The molecule has 2 N–H and O–H groups in total. The molecule has 2 nitrogen and oxygen atoms in total. The van der Waals surface area contributed by atoms with Crippen molar-refractivity contribution >= 4 is 17.1 Å². The van der Waals surface area contributed by atoms with E-state index in [2.05, 4.69) is 62.1 Å². The zero-order valence-electron chi connectivity index (χ0n) is 11.9. The smallest absolute Gasteiger partial charge is 0.0414 e. The molecule has 0 aliphatic heterocycles. The zero-order valence-corrected chi connectivity index (χ0v) is 11.9. The van der Waals surface area contributed by atoms with Crippen LogP contribution < -0.4 is 10.6 Å². The number of hydrogen-bond acceptors (Lipinski definition) is 2. The Morgan fingerprint density at radius 1 is 0.789 bits per heavy atom. The van der Waals surface area contributed by atoms with Crippen LogP contribution in [0.25, 0.3) is 0 Å². The summed E-state index contributed by atoms with van der Waals surface area (Å²) in [6.45, 7) is 6.75. The van der Waals surface area contributed by atoms with Gasteiger partial charge in [-0.2, -0.15) is 0 Å². The van der Waals surface area contributed by atoms with Gasteiger partial charge in [0.15, 0.2) is 0 Å². The van der Waals surface area contributed by atoms with Gasteiger partial charge in [-0.25, -0.2) is 0 Å². The molecule has 2 aromatic rings. The second-order valence-electron chi connectivity index (χ2n) is 5.28. The van der Waals surface area contributed by atoms with Crippen molar-refractivity contribution in [1.29, 1.82) is 0 Å². The Bertz CT molecular complexity index is 503. The lowest BCUT2D eigenvalue weighted by Gasteiger charge is -2.34. The highest BCUT2D eigenvalue weighted by molar-refractivity contribution is 5.65. The lowest BCUT2D eigenvalue weighted by atomic mass is 10.0. The Morgan fingerprint density at radius 2 is 1.32 bits per heavy atom. The molecule has 0 saturated heterocycles. The van der Waals surface area contributed by atoms with Gasteiger partial charge in [0.2, 0.25) is 0 Å². The van der Waals surface area contributed by atoms with Gasteiger partial charge in [0, 0.05) is 23.1 Å². The van der Waals surface area contributed by atoms with E-state index in [0.29, 0.717) is 12.0 Å². The Hall–Kier alpha value is -1.96. The van der Waals surface area contributed by atoms with Crippen molar-refractivity contribution in [3.63, 3.8) is 0 Å². The maximum absolute atomic E-state index is 5.78. The highest BCUT2D eigenvalue weighted by Gasteiger charge is 2.19. The standard InChI is InChI=1S/C17H22N2/c1-13(2)14(3)19(16-7-5-4-6-8-16)17-11-9-15(18)10-12-17/h4-14H,18H2,1-3H3. The number of nitrogens with zero attached hydrogens (tertiary/aromatic N) is 1. The molecular formula is C17H22N2. The van der Waals surface area contributed by atoms with Crippen LogP contribution in [0.2, 0.25) is 0 Å². The molecule has 0 radical (unpaired) electrons. The molecule has 19 heavy (non-hydrogen) atoms. The molecule has 0 amide bonds. The van der Waals surface area contributed by atoms with Crippen LogP contribution in [0.4, 0.5) is 17.1 Å². The first-order valence-corrected chi connectivity index (χ1v) is 6.79. The summed E-state index contributed by atoms with van der Waals surface area (Å²) in [5.41, 5.74) is 8.98. The summed E-state index contributed by atoms with van der Waals surface area (Å²) in [5.74, 6) is 0.567. The van der Waals surface area contributed by atoms with Gasteiger partial charge in [-0.15, -0.1) is 0 Å². The molecule has 2 heteroatoms. The van der Waals surface area contributed by atoms with Crippen molar-refractivity contribution in [3.8, 4) is 0 Å². The molecule has 2 rings (SSSR count). The average molecular weight is 254 g/mol. The summed E-state index contributed by atoms with van der Waals surface area (Å²) in [4.78, 5) is 2.37. The summed E-state index contributed by atoms with van der Waals surface area (Å²) in [7, 11) is 0. The largest absolute Gasteiger partial charge is 0.399 e. The van der Waals surface area contributed by atoms with E-state index in [0.717, 1.165) is 5.69 Å². The quantitative estimate of drug-likeness (QED) is 0.817. The molecule has 0 spiro atoms. The molecule has 1 atom stereocenters. The number of nitrogens with two attached hydrogens (primary N) is 1. The minimum atomic E-state index is 0.422. The molecule has 0 aromatic heterocycles. The summed E-state index contributed by atoms with van der Waals surface area (Å²) in [5, 5.41) is 0. The first-order chi connectivity index (χ1) is 9.09. The summed E-state index contributed by atoms with van der Waals surface area (Å²) in [6, 6.07) is 19.0. The van der Waals surface area contributed by atoms with E-state index in [4.69, 9.17) is 5.73 Å². The van der Waals surface area contributed by atoms with Gasteiger partial charge in [-0.3, -0.25) is 0 Å². The zero-order chi connectivity index (χ0) is 13.8. The van der Waals surface area contributed by atoms with Crippen molar-refractivity contribution < 1.29 is 0 Å². The number of nitrogen functional groups attached to an aromatic ring is 1. The molecule has 1 unspecified atom stereocenters. The van der Waals surface area contributed by atoms with E-state index in [9.17, 15) is 0 Å². The van der Waals surface area contributed by atoms with Crippen molar-refractivity contribution in [2.75, 3.05) is 10.6 Å². The Kier molecular flexibility index (Phi) is 4.10. The van der Waals surface area contributed by atoms with E-state index in [-0.39, 0.29) is 0 Å². The number of rotatable bonds is 4. The van der Waals surface area contributed by atoms with E-state index >= 15 is 0 Å². The van der Waals surface area contributed by atoms with E-state index < -0.39 is 0 Å². The number of benzene rings is 2. The van der Waals surface area contributed by atoms with Crippen LogP contribution in [0.15, 0.2) is 54.6 Å². The first kappa shape index (κ1) is 13.5. The molecule has 0 saturated carbocycles. The highest BCUT2D eigenvalue weighted by atomic mass is 15.2. The van der Waals surface area contributed by atoms with E-state index in [1.807, 2.05) is 18.2 Å². The van der Waals surface area contributed by atoms with Crippen molar-refractivity contribution in [3.05, 3.63) is 54.6 Å². The van der Waals surface area contributed by atoms with Gasteiger partial charge in [0.05, 0.1) is 0 Å². The molecule has 2 aromatic carbocycles. The van der Waals surface area contributed by atoms with Crippen LogP contribution in [-0.4, -0.2) is 6.04 Å². The Morgan fingerprint density at radius 3 is 1.84 bits per heavy atom. The third kappa shape index (κ3) is 3.08. The number of para-hydroxylation sites is 1. The summed E-state index contributed by atoms with van der Waals surface area (Å²) >= 11 is 0. The van der Waals surface area contributed by atoms with Crippen LogP contribution in [-0.2, 0) is 0 Å². The van der Waals surface area contributed by atoms with Crippen LogP contribution in [0.3, 0.4) is 0 Å². The minimum Gasteiger partial charge on any atom is -0.399 e. The topological polar surface area (TPSA) is 29.3 Å². The SMILES string of the molecule is CC(C)C(C)N(c1ccccc1)c1ccc(N)cc1. The maximum atomic E-state index is 5.78. The van der Waals surface area contributed by atoms with Crippen LogP contribution >= 0.6 is 0 Å². The minimum absolute atomic E-state index is 0.422. The van der Waals surface area contributed by atoms with Gasteiger partial charge < -0.3 is 10.6 Å². The van der Waals surface area contributed by atoms with Crippen LogP contribution in [0.1, 0.15) is 20.8 Å². The van der Waals surface area contributed by atoms with Crippen molar-refractivity contribution in [1.82, 2.24) is 0 Å². The predicted octanol–water partition coefficient (Wildman–Crippen LogP) is 4.45. The molecular weight excluding hydrogens is 232 g/mol. The van der Waals surface area contributed by atoms with Crippen LogP contribution in [0, 0.1) is 5.92 Å². The molecule has 0 aliphatic rings. The summed E-state index contributed by atoms with van der Waals surface area (Å²) < 4.78 is 0. The third-order valence-corrected chi connectivity index (χ3v) is 3.58. The second-order valence-corrected chi connectivity index (χ2v) is 5.28. The second kappa shape index (κ2) is 5.79. The Labute approximate surface area is 115 Å². The molecule has 0 fully saturated rings. The van der Waals surface area contributed by atoms with Crippen LogP contribution in [0.5, 0.6) is 0 Å². The van der Waals surface area contributed by atoms with Gasteiger partial charge in [-0.1, -0.05) is 32.0 Å². The van der Waals surface area contributed by atoms with E-state index in [1.54, 1.807) is 0 Å². The number of anilines is 3. The van der Waals surface area contributed by atoms with Gasteiger partial charge in [0.25, 0.3) is 0 Å².